The summed E-state index contributed by atoms with van der Waals surface area (Å²) in [6.07, 6.45) is 3.70. The van der Waals surface area contributed by atoms with Crippen LogP contribution >= 0.6 is 0 Å². The Kier molecular flexibility index (Phi) is 4.70. The second-order valence-electron chi connectivity index (χ2n) is 7.12. The van der Waals surface area contributed by atoms with Gasteiger partial charge in [-0.25, -0.2) is 9.67 Å². The number of hydrogen-bond acceptors (Lipinski definition) is 4. The van der Waals surface area contributed by atoms with Gasteiger partial charge in [0.2, 0.25) is 0 Å². The maximum atomic E-state index is 13.0. The number of amides is 1. The second-order valence-corrected chi connectivity index (χ2v) is 7.12. The molecule has 1 N–H and O–H groups in total. The first-order valence-electron chi connectivity index (χ1n) is 9.17. The Labute approximate surface area is 160 Å². The fourth-order valence-electron chi connectivity index (χ4n) is 3.15. The lowest BCUT2D eigenvalue weighted by molar-refractivity contribution is -0.0493. The van der Waals surface area contributed by atoms with Crippen molar-refractivity contribution in [1.29, 1.82) is 0 Å². The van der Waals surface area contributed by atoms with Gasteiger partial charge in [-0.15, -0.1) is 0 Å². The van der Waals surface area contributed by atoms with Gasteiger partial charge in [-0.05, 0) is 44.9 Å². The number of carbonyl (C=O) groups excluding carboxylic acids is 1. The number of alkyl halides is 2. The first-order valence-corrected chi connectivity index (χ1v) is 9.17. The summed E-state index contributed by atoms with van der Waals surface area (Å²) < 4.78 is 31.6. The van der Waals surface area contributed by atoms with Gasteiger partial charge in [0, 0.05) is 17.7 Å². The Bertz CT molecular complexity index is 1030. The molecule has 0 bridgehead atoms. The molecule has 28 heavy (non-hydrogen) atoms. The number of pyridine rings is 1. The standard InChI is InChI=1S/C20H20F2N4O2/c1-11(2)26-18-14(10-23-26)13(9-16(24-18)12-7-8-12)19(27)25-15-5-3-4-6-17(15)28-20(21)22/h3-6,9-12,20H,7-8H2,1-2H3,(H,25,27). The molecule has 0 unspecified atom stereocenters. The largest absolute Gasteiger partial charge is 0.433 e. The molecule has 1 saturated carbocycles. The summed E-state index contributed by atoms with van der Waals surface area (Å²) in [5.41, 5.74) is 2.12. The predicted molar refractivity (Wildman–Crippen MR) is 101 cm³/mol. The van der Waals surface area contributed by atoms with Crippen molar-refractivity contribution in [3.8, 4) is 5.75 Å². The SMILES string of the molecule is CC(C)n1ncc2c(C(=O)Nc3ccccc3OC(F)F)cc(C3CC3)nc21. The summed E-state index contributed by atoms with van der Waals surface area (Å²) in [6.45, 7) is 1.02. The van der Waals surface area contributed by atoms with Gasteiger partial charge < -0.3 is 10.1 Å². The summed E-state index contributed by atoms with van der Waals surface area (Å²) in [6, 6.07) is 7.98. The van der Waals surface area contributed by atoms with Crippen molar-refractivity contribution >= 4 is 22.6 Å². The molecule has 1 amide bonds. The van der Waals surface area contributed by atoms with Crippen molar-refractivity contribution in [1.82, 2.24) is 14.8 Å². The number of halogens is 2. The predicted octanol–water partition coefficient (Wildman–Crippen LogP) is 4.74. The minimum absolute atomic E-state index is 0.0866. The van der Waals surface area contributed by atoms with Gasteiger partial charge in [0.25, 0.3) is 5.91 Å². The van der Waals surface area contributed by atoms with E-state index in [1.807, 2.05) is 13.8 Å². The highest BCUT2D eigenvalue weighted by atomic mass is 19.3. The first kappa shape index (κ1) is 18.3. The number of benzene rings is 1. The zero-order chi connectivity index (χ0) is 19.8. The van der Waals surface area contributed by atoms with E-state index in [9.17, 15) is 13.6 Å². The maximum absolute atomic E-state index is 13.0. The number of rotatable bonds is 6. The Morgan fingerprint density at radius 1 is 1.29 bits per heavy atom. The number of hydrogen-bond donors (Lipinski definition) is 1. The summed E-state index contributed by atoms with van der Waals surface area (Å²) in [5.74, 6) is -0.153. The lowest BCUT2D eigenvalue weighted by Crippen LogP contribution is -2.15. The van der Waals surface area contributed by atoms with Crippen LogP contribution < -0.4 is 10.1 Å². The van der Waals surface area contributed by atoms with Crippen LogP contribution in [-0.4, -0.2) is 27.3 Å². The number of nitrogens with one attached hydrogen (secondary N) is 1. The van der Waals surface area contributed by atoms with Crippen LogP contribution in [0, 0.1) is 0 Å². The molecule has 1 fully saturated rings. The molecule has 146 valence electrons. The van der Waals surface area contributed by atoms with Crippen LogP contribution in [0.5, 0.6) is 5.75 Å². The number of carbonyl (C=O) groups is 1. The lowest BCUT2D eigenvalue weighted by Gasteiger charge is -2.13. The molecule has 0 saturated heterocycles. The second kappa shape index (κ2) is 7.18. The third-order valence-corrected chi connectivity index (χ3v) is 4.67. The van der Waals surface area contributed by atoms with Crippen LogP contribution in [-0.2, 0) is 0 Å². The molecule has 1 aliphatic carbocycles. The van der Waals surface area contributed by atoms with Crippen LogP contribution in [0.2, 0.25) is 0 Å². The topological polar surface area (TPSA) is 69.0 Å². The summed E-state index contributed by atoms with van der Waals surface area (Å²) in [4.78, 5) is 17.7. The molecule has 4 rings (SSSR count). The summed E-state index contributed by atoms with van der Waals surface area (Å²) >= 11 is 0. The number of nitrogens with zero attached hydrogens (tertiary/aromatic N) is 3. The third kappa shape index (κ3) is 3.54. The van der Waals surface area contributed by atoms with Crippen molar-refractivity contribution < 1.29 is 18.3 Å². The van der Waals surface area contributed by atoms with Gasteiger partial charge in [0.1, 0.15) is 5.75 Å². The van der Waals surface area contributed by atoms with Crippen molar-refractivity contribution in [3.05, 3.63) is 47.8 Å². The Hall–Kier alpha value is -3.03. The molecular formula is C20H20F2N4O2. The van der Waals surface area contributed by atoms with Gasteiger partial charge in [0.15, 0.2) is 5.65 Å². The Morgan fingerprint density at radius 3 is 2.71 bits per heavy atom. The van der Waals surface area contributed by atoms with E-state index >= 15 is 0 Å². The van der Waals surface area contributed by atoms with Crippen LogP contribution in [0.15, 0.2) is 36.5 Å². The molecule has 6 nitrogen and oxygen atoms in total. The highest BCUT2D eigenvalue weighted by molar-refractivity contribution is 6.12. The fraction of sp³-hybridized carbons (Fsp3) is 0.350. The van der Waals surface area contributed by atoms with Crippen molar-refractivity contribution in [2.24, 2.45) is 0 Å². The highest BCUT2D eigenvalue weighted by Crippen LogP contribution is 2.40. The van der Waals surface area contributed by atoms with E-state index in [1.165, 1.54) is 12.1 Å². The molecule has 0 aliphatic heterocycles. The number of fused-ring (bicyclic) bond motifs is 1. The molecule has 1 aromatic carbocycles. The van der Waals surface area contributed by atoms with Gasteiger partial charge in [-0.1, -0.05) is 12.1 Å². The van der Waals surface area contributed by atoms with Gasteiger partial charge >= 0.3 is 6.61 Å². The number of ether oxygens (including phenoxy) is 1. The quantitative estimate of drug-likeness (QED) is 0.664. The van der Waals surface area contributed by atoms with Gasteiger partial charge in [-0.2, -0.15) is 13.9 Å². The van der Waals surface area contributed by atoms with Crippen molar-refractivity contribution in [2.45, 2.75) is 45.3 Å². The van der Waals surface area contributed by atoms with Crippen LogP contribution in [0.4, 0.5) is 14.5 Å². The zero-order valence-corrected chi connectivity index (χ0v) is 15.5. The molecule has 0 spiro atoms. The smallest absolute Gasteiger partial charge is 0.387 e. The molecule has 1 aliphatic rings. The van der Waals surface area contributed by atoms with Crippen molar-refractivity contribution in [3.63, 3.8) is 0 Å². The number of aromatic nitrogens is 3. The van der Waals surface area contributed by atoms with Gasteiger partial charge in [-0.3, -0.25) is 4.79 Å². The van der Waals surface area contributed by atoms with E-state index < -0.39 is 12.5 Å². The van der Waals surface area contributed by atoms with Crippen LogP contribution in [0.3, 0.4) is 0 Å². The average Bonchev–Trinajstić information content (AvgIpc) is 3.41. The van der Waals surface area contributed by atoms with E-state index in [1.54, 1.807) is 29.1 Å². The van der Waals surface area contributed by atoms with Gasteiger partial charge in [0.05, 0.1) is 22.8 Å². The molecule has 3 aromatic rings. The summed E-state index contributed by atoms with van der Waals surface area (Å²) in [5, 5.41) is 7.69. The molecule has 8 heteroatoms. The molecular weight excluding hydrogens is 366 g/mol. The monoisotopic (exact) mass is 386 g/mol. The summed E-state index contributed by atoms with van der Waals surface area (Å²) in [7, 11) is 0. The Balaban J connectivity index is 1.74. The highest BCUT2D eigenvalue weighted by Gasteiger charge is 2.28. The normalized spacial score (nSPS) is 14.1. The van der Waals surface area contributed by atoms with E-state index in [2.05, 4.69) is 15.2 Å². The molecule has 0 radical (unpaired) electrons. The van der Waals surface area contributed by atoms with E-state index in [-0.39, 0.29) is 17.5 Å². The minimum Gasteiger partial charge on any atom is -0.433 e. The van der Waals surface area contributed by atoms with Crippen molar-refractivity contribution in [2.75, 3.05) is 5.32 Å². The molecule has 2 aromatic heterocycles. The third-order valence-electron chi connectivity index (χ3n) is 4.67. The van der Waals surface area contributed by atoms with Crippen LogP contribution in [0.1, 0.15) is 54.7 Å². The van der Waals surface area contributed by atoms with E-state index in [4.69, 9.17) is 4.98 Å². The molecule has 2 heterocycles. The number of para-hydroxylation sites is 2. The minimum atomic E-state index is -2.98. The van der Waals surface area contributed by atoms with E-state index in [0.717, 1.165) is 18.5 Å². The fourth-order valence-corrected chi connectivity index (χ4v) is 3.15. The maximum Gasteiger partial charge on any atom is 0.387 e. The molecule has 0 atom stereocenters. The lowest BCUT2D eigenvalue weighted by atomic mass is 10.1. The van der Waals surface area contributed by atoms with Crippen LogP contribution in [0.25, 0.3) is 11.0 Å². The Morgan fingerprint density at radius 2 is 2.04 bits per heavy atom. The average molecular weight is 386 g/mol. The number of anilines is 1. The zero-order valence-electron chi connectivity index (χ0n) is 15.5. The first-order chi connectivity index (χ1) is 13.4. The van der Waals surface area contributed by atoms with E-state index in [0.29, 0.717) is 22.5 Å².